The zero-order chi connectivity index (χ0) is 20.4. The van der Waals surface area contributed by atoms with E-state index in [2.05, 4.69) is 15.6 Å². The van der Waals surface area contributed by atoms with Gasteiger partial charge in [0.05, 0.1) is 12.3 Å². The van der Waals surface area contributed by atoms with Crippen LogP contribution >= 0.6 is 23.2 Å². The van der Waals surface area contributed by atoms with Crippen LogP contribution in [0.25, 0.3) is 0 Å². The van der Waals surface area contributed by atoms with E-state index in [1.54, 1.807) is 29.1 Å². The molecule has 1 N–H and O–H groups in total. The summed E-state index contributed by atoms with van der Waals surface area (Å²) in [6.07, 6.45) is 1.05. The van der Waals surface area contributed by atoms with Crippen molar-refractivity contribution in [1.29, 1.82) is 0 Å². The van der Waals surface area contributed by atoms with Crippen molar-refractivity contribution in [2.24, 2.45) is 5.16 Å². The molecule has 6 nitrogen and oxygen atoms in total. The maximum absolute atomic E-state index is 13.1. The Balaban J connectivity index is 1.40. The number of hydrogen-bond acceptors (Lipinski definition) is 4. The van der Waals surface area contributed by atoms with E-state index >= 15 is 0 Å². The molecule has 4 rings (SSSR count). The van der Waals surface area contributed by atoms with Gasteiger partial charge in [0.1, 0.15) is 10.8 Å². The maximum Gasteiger partial charge on any atom is 0.269 e. The van der Waals surface area contributed by atoms with Gasteiger partial charge in [-0.2, -0.15) is 5.10 Å². The SMILES string of the molecule is O=C(Nc1nn(Cc2ccccc2Cl)cc1Cl)C1CC(c2ccc(F)cc2)=NO1. The van der Waals surface area contributed by atoms with Crippen LogP contribution in [0.1, 0.15) is 17.5 Å². The van der Waals surface area contributed by atoms with Gasteiger partial charge in [0.15, 0.2) is 5.82 Å². The molecular formula is C20H15Cl2FN4O2. The first-order chi connectivity index (χ1) is 14.0. The highest BCUT2D eigenvalue weighted by Crippen LogP contribution is 2.24. The van der Waals surface area contributed by atoms with Crippen LogP contribution in [0.4, 0.5) is 10.2 Å². The number of oxime groups is 1. The highest BCUT2D eigenvalue weighted by Gasteiger charge is 2.30. The molecule has 0 saturated carbocycles. The van der Waals surface area contributed by atoms with Crippen molar-refractivity contribution in [3.8, 4) is 0 Å². The Labute approximate surface area is 175 Å². The fourth-order valence-corrected chi connectivity index (χ4v) is 3.29. The minimum absolute atomic E-state index is 0.225. The second kappa shape index (κ2) is 8.23. The van der Waals surface area contributed by atoms with Crippen molar-refractivity contribution < 1.29 is 14.0 Å². The van der Waals surface area contributed by atoms with Crippen LogP contribution in [0.15, 0.2) is 59.9 Å². The molecule has 1 amide bonds. The van der Waals surface area contributed by atoms with E-state index in [1.165, 1.54) is 12.1 Å². The van der Waals surface area contributed by atoms with Crippen molar-refractivity contribution in [2.75, 3.05) is 5.32 Å². The summed E-state index contributed by atoms with van der Waals surface area (Å²) < 4.78 is 14.6. The van der Waals surface area contributed by atoms with Crippen LogP contribution in [0.3, 0.4) is 0 Å². The number of aromatic nitrogens is 2. The van der Waals surface area contributed by atoms with E-state index in [1.807, 2.05) is 18.2 Å². The molecule has 0 fully saturated rings. The first kappa shape index (κ1) is 19.4. The van der Waals surface area contributed by atoms with Gasteiger partial charge < -0.3 is 10.2 Å². The van der Waals surface area contributed by atoms with Gasteiger partial charge in [-0.05, 0) is 29.3 Å². The van der Waals surface area contributed by atoms with Gasteiger partial charge >= 0.3 is 0 Å². The molecule has 0 bridgehead atoms. The number of nitrogens with one attached hydrogen (secondary N) is 1. The Bertz CT molecular complexity index is 1080. The Morgan fingerprint density at radius 3 is 2.69 bits per heavy atom. The second-order valence-corrected chi connectivity index (χ2v) is 7.26. The maximum atomic E-state index is 13.1. The van der Waals surface area contributed by atoms with Gasteiger partial charge in [0, 0.05) is 17.6 Å². The summed E-state index contributed by atoms with van der Waals surface area (Å²) in [7, 11) is 0. The molecule has 1 unspecified atom stereocenters. The van der Waals surface area contributed by atoms with Crippen molar-refractivity contribution >= 4 is 40.6 Å². The number of carbonyl (C=O) groups excluding carboxylic acids is 1. The highest BCUT2D eigenvalue weighted by molar-refractivity contribution is 6.33. The number of anilines is 1. The number of halogens is 3. The molecule has 1 atom stereocenters. The van der Waals surface area contributed by atoms with Gasteiger partial charge in [-0.15, -0.1) is 0 Å². The smallest absolute Gasteiger partial charge is 0.269 e. The van der Waals surface area contributed by atoms with Crippen molar-refractivity contribution in [2.45, 2.75) is 19.1 Å². The first-order valence-corrected chi connectivity index (χ1v) is 9.51. The van der Waals surface area contributed by atoms with E-state index in [4.69, 9.17) is 28.0 Å². The topological polar surface area (TPSA) is 68.5 Å². The Hall–Kier alpha value is -2.90. The van der Waals surface area contributed by atoms with Crippen LogP contribution in [0.2, 0.25) is 10.0 Å². The van der Waals surface area contributed by atoms with Crippen LogP contribution in [0.5, 0.6) is 0 Å². The summed E-state index contributed by atoms with van der Waals surface area (Å²) in [6, 6.07) is 13.2. The molecule has 0 radical (unpaired) electrons. The lowest BCUT2D eigenvalue weighted by Crippen LogP contribution is -2.28. The predicted molar refractivity (Wildman–Crippen MR) is 109 cm³/mol. The van der Waals surface area contributed by atoms with E-state index in [9.17, 15) is 9.18 Å². The van der Waals surface area contributed by atoms with Gasteiger partial charge in [-0.1, -0.05) is 58.7 Å². The van der Waals surface area contributed by atoms with Gasteiger partial charge in [-0.25, -0.2) is 4.39 Å². The van der Waals surface area contributed by atoms with Gasteiger partial charge in [-0.3, -0.25) is 9.48 Å². The van der Waals surface area contributed by atoms with Gasteiger partial charge in [0.2, 0.25) is 6.10 Å². The Morgan fingerprint density at radius 2 is 1.93 bits per heavy atom. The summed E-state index contributed by atoms with van der Waals surface area (Å²) in [5, 5.41) is 11.8. The largest absolute Gasteiger partial charge is 0.382 e. The molecule has 148 valence electrons. The molecule has 1 aromatic heterocycles. The van der Waals surface area contributed by atoms with Crippen molar-refractivity contribution in [3.63, 3.8) is 0 Å². The number of hydrogen-bond donors (Lipinski definition) is 1. The average molecular weight is 433 g/mol. The van der Waals surface area contributed by atoms with Crippen LogP contribution < -0.4 is 5.32 Å². The molecule has 0 spiro atoms. The minimum Gasteiger partial charge on any atom is -0.382 e. The van der Waals surface area contributed by atoms with Crippen LogP contribution in [-0.2, 0) is 16.2 Å². The third-order valence-corrected chi connectivity index (χ3v) is 5.03. The number of nitrogens with zero attached hydrogens (tertiary/aromatic N) is 3. The number of benzene rings is 2. The second-order valence-electron chi connectivity index (χ2n) is 6.45. The molecule has 0 saturated heterocycles. The third-order valence-electron chi connectivity index (χ3n) is 4.39. The summed E-state index contributed by atoms with van der Waals surface area (Å²) >= 11 is 12.4. The average Bonchev–Trinajstić information content (AvgIpc) is 3.32. The minimum atomic E-state index is -0.820. The lowest BCUT2D eigenvalue weighted by Gasteiger charge is -2.08. The standard InChI is InChI=1S/C20H15Cl2FN4O2/c21-15-4-2-1-3-13(15)10-27-11-16(22)19(25-27)24-20(28)18-9-17(26-29-18)12-5-7-14(23)8-6-12/h1-8,11,18H,9-10H2,(H,24,25,28). The summed E-state index contributed by atoms with van der Waals surface area (Å²) in [5.74, 6) is -0.539. The molecule has 3 aromatic rings. The molecule has 29 heavy (non-hydrogen) atoms. The lowest BCUT2D eigenvalue weighted by molar-refractivity contribution is -0.125. The molecule has 9 heteroatoms. The number of carbonyl (C=O) groups is 1. The molecule has 1 aliphatic heterocycles. The molecule has 2 aromatic carbocycles. The van der Waals surface area contributed by atoms with Crippen LogP contribution in [0, 0.1) is 5.82 Å². The highest BCUT2D eigenvalue weighted by atomic mass is 35.5. The summed E-state index contributed by atoms with van der Waals surface area (Å²) in [5.41, 5.74) is 2.15. The fourth-order valence-electron chi connectivity index (χ4n) is 2.89. The van der Waals surface area contributed by atoms with E-state index in [0.29, 0.717) is 27.9 Å². The quantitative estimate of drug-likeness (QED) is 0.644. The molecular weight excluding hydrogens is 418 g/mol. The predicted octanol–water partition coefficient (Wildman–Crippen LogP) is 4.51. The first-order valence-electron chi connectivity index (χ1n) is 8.75. The summed E-state index contributed by atoms with van der Waals surface area (Å²) in [4.78, 5) is 17.8. The van der Waals surface area contributed by atoms with Crippen molar-refractivity contribution in [1.82, 2.24) is 9.78 Å². The molecule has 1 aliphatic rings. The van der Waals surface area contributed by atoms with E-state index < -0.39 is 12.0 Å². The zero-order valence-corrected chi connectivity index (χ0v) is 16.5. The molecule has 2 heterocycles. The van der Waals surface area contributed by atoms with E-state index in [0.717, 1.165) is 5.56 Å². The lowest BCUT2D eigenvalue weighted by atomic mass is 10.0. The third kappa shape index (κ3) is 4.41. The number of rotatable bonds is 5. The fraction of sp³-hybridized carbons (Fsp3) is 0.150. The van der Waals surface area contributed by atoms with Crippen molar-refractivity contribution in [3.05, 3.63) is 81.7 Å². The molecule has 0 aliphatic carbocycles. The normalized spacial score (nSPS) is 15.7. The Kier molecular flexibility index (Phi) is 5.51. The number of amides is 1. The monoisotopic (exact) mass is 432 g/mol. The summed E-state index contributed by atoms with van der Waals surface area (Å²) in [6.45, 7) is 0.410. The van der Waals surface area contributed by atoms with E-state index in [-0.39, 0.29) is 18.1 Å². The van der Waals surface area contributed by atoms with Crippen LogP contribution in [-0.4, -0.2) is 27.5 Å². The Morgan fingerprint density at radius 1 is 1.17 bits per heavy atom. The zero-order valence-electron chi connectivity index (χ0n) is 15.0. The van der Waals surface area contributed by atoms with Gasteiger partial charge in [0.25, 0.3) is 5.91 Å².